The van der Waals surface area contributed by atoms with E-state index in [-0.39, 0.29) is 10.8 Å². The number of nitrogens with one attached hydrogen (secondary N) is 2. The molecule has 1 aromatic heterocycles. The van der Waals surface area contributed by atoms with E-state index >= 15 is 0 Å². The van der Waals surface area contributed by atoms with Crippen molar-refractivity contribution in [1.29, 1.82) is 0 Å². The summed E-state index contributed by atoms with van der Waals surface area (Å²) in [6.07, 6.45) is 6.16. The molecule has 0 saturated carbocycles. The van der Waals surface area contributed by atoms with E-state index < -0.39 is 10.0 Å². The second-order valence-electron chi connectivity index (χ2n) is 7.32. The Morgan fingerprint density at radius 2 is 1.78 bits per heavy atom. The van der Waals surface area contributed by atoms with E-state index in [1.165, 1.54) is 6.20 Å². The molecule has 8 heteroatoms. The van der Waals surface area contributed by atoms with Gasteiger partial charge in [0.2, 0.25) is 0 Å². The molecule has 0 spiro atoms. The number of unbranched alkanes of at least 4 members (excludes halogenated alkanes) is 1. The van der Waals surface area contributed by atoms with E-state index in [0.29, 0.717) is 22.5 Å². The van der Waals surface area contributed by atoms with Gasteiger partial charge in [-0.15, -0.1) is 0 Å². The molecule has 0 fully saturated rings. The molecular weight excluding hydrogens is 424 g/mol. The topological polar surface area (TPSA) is 101 Å². The summed E-state index contributed by atoms with van der Waals surface area (Å²) in [6, 6.07) is 17.2. The van der Waals surface area contributed by atoms with Crippen molar-refractivity contribution in [2.75, 3.05) is 5.32 Å². The van der Waals surface area contributed by atoms with Gasteiger partial charge < -0.3 is 5.32 Å². The minimum absolute atomic E-state index is 0.159. The quantitative estimate of drug-likeness (QED) is 0.373. The van der Waals surface area contributed by atoms with Crippen LogP contribution in [0.15, 0.2) is 83.1 Å². The van der Waals surface area contributed by atoms with Crippen molar-refractivity contribution < 1.29 is 13.2 Å². The lowest BCUT2D eigenvalue weighted by Gasteiger charge is -2.09. The maximum atomic E-state index is 12.6. The van der Waals surface area contributed by atoms with Gasteiger partial charge in [0.25, 0.3) is 15.9 Å². The first-order valence-electron chi connectivity index (χ1n) is 10.4. The molecule has 1 heterocycles. The zero-order chi connectivity index (χ0) is 23.0. The molecule has 1 amide bonds. The third kappa shape index (κ3) is 6.24. The van der Waals surface area contributed by atoms with Gasteiger partial charge in [0.05, 0.1) is 16.2 Å². The van der Waals surface area contributed by atoms with Crippen LogP contribution in [0.1, 0.15) is 48.2 Å². The molecule has 166 valence electrons. The van der Waals surface area contributed by atoms with Crippen molar-refractivity contribution >= 4 is 27.3 Å². The lowest BCUT2D eigenvalue weighted by atomic mass is 10.1. The summed E-state index contributed by atoms with van der Waals surface area (Å²) in [4.78, 5) is 18.7. The Bertz CT molecular complexity index is 1190. The monoisotopic (exact) mass is 450 g/mol. The Morgan fingerprint density at radius 1 is 1.03 bits per heavy atom. The highest BCUT2D eigenvalue weighted by Crippen LogP contribution is 2.15. The summed E-state index contributed by atoms with van der Waals surface area (Å²) in [5.41, 5.74) is 3.25. The Hall–Kier alpha value is -3.52. The number of hydrazone groups is 1. The fraction of sp³-hybridized carbons (Fsp3) is 0.208. The van der Waals surface area contributed by atoms with Crippen LogP contribution in [-0.4, -0.2) is 25.0 Å². The zero-order valence-corrected chi connectivity index (χ0v) is 18.9. The fourth-order valence-corrected chi connectivity index (χ4v) is 3.84. The first kappa shape index (κ1) is 23.1. The van der Waals surface area contributed by atoms with Gasteiger partial charge in [-0.05, 0) is 67.3 Å². The minimum atomic E-state index is -3.78. The molecule has 0 radical (unpaired) electrons. The van der Waals surface area contributed by atoms with Crippen molar-refractivity contribution in [2.24, 2.45) is 5.10 Å². The van der Waals surface area contributed by atoms with Crippen LogP contribution in [0, 0.1) is 0 Å². The number of benzene rings is 2. The van der Waals surface area contributed by atoms with Gasteiger partial charge in [-0.25, -0.2) is 0 Å². The van der Waals surface area contributed by atoms with E-state index in [4.69, 9.17) is 0 Å². The van der Waals surface area contributed by atoms with Gasteiger partial charge in [0, 0.05) is 18.1 Å². The second kappa shape index (κ2) is 10.7. The van der Waals surface area contributed by atoms with E-state index in [2.05, 4.69) is 27.2 Å². The van der Waals surface area contributed by atoms with Crippen LogP contribution < -0.4 is 10.1 Å². The Labute approximate surface area is 188 Å². The van der Waals surface area contributed by atoms with Crippen molar-refractivity contribution in [3.63, 3.8) is 0 Å². The molecule has 0 saturated heterocycles. The maximum Gasteiger partial charge on any atom is 0.276 e. The van der Waals surface area contributed by atoms with Crippen LogP contribution in [0.4, 0.5) is 5.69 Å². The predicted octanol–water partition coefficient (Wildman–Crippen LogP) is 4.38. The molecule has 7 nitrogen and oxygen atoms in total. The van der Waals surface area contributed by atoms with Crippen molar-refractivity contribution in [3.8, 4) is 0 Å². The average Bonchev–Trinajstić information content (AvgIpc) is 2.82. The highest BCUT2D eigenvalue weighted by molar-refractivity contribution is 7.89. The van der Waals surface area contributed by atoms with Gasteiger partial charge in [0.1, 0.15) is 0 Å². The largest absolute Gasteiger partial charge is 0.322 e. The van der Waals surface area contributed by atoms with E-state index in [1.807, 2.05) is 12.1 Å². The number of hydrogen-bond acceptors (Lipinski definition) is 5. The standard InChI is InChI=1S/C24H26N4O3S/c1-3-4-7-19-11-13-23(14-12-19)32(30,31)28-27-18(2)20-8-5-10-22(16-20)26-24(29)21-9-6-15-25-17-21/h5-6,8-17,28H,3-4,7H2,1-2H3,(H,26,29)/b27-18+. The zero-order valence-electron chi connectivity index (χ0n) is 18.1. The van der Waals surface area contributed by atoms with Crippen LogP contribution in [-0.2, 0) is 16.4 Å². The number of aromatic nitrogens is 1. The van der Waals surface area contributed by atoms with E-state index in [9.17, 15) is 13.2 Å². The number of carbonyl (C=O) groups is 1. The highest BCUT2D eigenvalue weighted by atomic mass is 32.2. The smallest absolute Gasteiger partial charge is 0.276 e. The lowest BCUT2D eigenvalue weighted by Crippen LogP contribution is -2.20. The molecule has 3 aromatic rings. The number of rotatable bonds is 9. The number of amides is 1. The molecule has 2 aromatic carbocycles. The molecule has 0 aliphatic heterocycles. The highest BCUT2D eigenvalue weighted by Gasteiger charge is 2.13. The second-order valence-corrected chi connectivity index (χ2v) is 8.98. The van der Waals surface area contributed by atoms with Crippen LogP contribution in [0.3, 0.4) is 0 Å². The van der Waals surface area contributed by atoms with Crippen LogP contribution in [0.2, 0.25) is 0 Å². The number of anilines is 1. The van der Waals surface area contributed by atoms with Gasteiger partial charge in [0.15, 0.2) is 0 Å². The number of pyridine rings is 1. The molecule has 0 aliphatic carbocycles. The van der Waals surface area contributed by atoms with Gasteiger partial charge in [-0.3, -0.25) is 9.78 Å². The van der Waals surface area contributed by atoms with Crippen LogP contribution in [0.5, 0.6) is 0 Å². The molecule has 32 heavy (non-hydrogen) atoms. The number of carbonyl (C=O) groups excluding carboxylic acids is 1. The summed E-state index contributed by atoms with van der Waals surface area (Å²) in [7, 11) is -3.78. The van der Waals surface area contributed by atoms with Gasteiger partial charge in [-0.2, -0.15) is 18.4 Å². The van der Waals surface area contributed by atoms with Crippen LogP contribution in [0.25, 0.3) is 0 Å². The predicted molar refractivity (Wildman–Crippen MR) is 126 cm³/mol. The summed E-state index contributed by atoms with van der Waals surface area (Å²) >= 11 is 0. The normalized spacial score (nSPS) is 11.8. The molecule has 2 N–H and O–H groups in total. The van der Waals surface area contributed by atoms with Crippen molar-refractivity contribution in [3.05, 3.63) is 89.7 Å². The van der Waals surface area contributed by atoms with E-state index in [0.717, 1.165) is 24.8 Å². The SMILES string of the molecule is CCCCc1ccc(S(=O)(=O)N/N=C(\C)c2cccc(NC(=O)c3cccnc3)c2)cc1. The number of sulfonamides is 1. The minimum Gasteiger partial charge on any atom is -0.322 e. The first-order valence-corrected chi connectivity index (χ1v) is 11.8. The molecule has 0 atom stereocenters. The molecule has 0 aliphatic rings. The van der Waals surface area contributed by atoms with Gasteiger partial charge >= 0.3 is 0 Å². The number of nitrogens with zero attached hydrogens (tertiary/aromatic N) is 2. The van der Waals surface area contributed by atoms with Gasteiger partial charge in [-0.1, -0.05) is 37.6 Å². The third-order valence-corrected chi connectivity index (χ3v) is 6.07. The van der Waals surface area contributed by atoms with Crippen molar-refractivity contribution in [1.82, 2.24) is 9.82 Å². The molecule has 0 unspecified atom stereocenters. The summed E-state index contributed by atoms with van der Waals surface area (Å²) in [6.45, 7) is 3.81. The summed E-state index contributed by atoms with van der Waals surface area (Å²) < 4.78 is 25.2. The molecule has 0 bridgehead atoms. The Kier molecular flexibility index (Phi) is 7.72. The molecule has 3 rings (SSSR count). The number of hydrogen-bond donors (Lipinski definition) is 2. The van der Waals surface area contributed by atoms with E-state index in [1.54, 1.807) is 61.7 Å². The first-order chi connectivity index (χ1) is 15.4. The summed E-state index contributed by atoms with van der Waals surface area (Å²) in [5.74, 6) is -0.284. The maximum absolute atomic E-state index is 12.6. The Balaban J connectivity index is 1.69. The fourth-order valence-electron chi connectivity index (χ4n) is 2.98. The third-order valence-electron chi connectivity index (χ3n) is 4.85. The molecular formula is C24H26N4O3S. The van der Waals surface area contributed by atoms with Crippen LogP contribution >= 0.6 is 0 Å². The number of aryl methyl sites for hydroxylation is 1. The van der Waals surface area contributed by atoms with Crippen molar-refractivity contribution in [2.45, 2.75) is 38.0 Å². The lowest BCUT2D eigenvalue weighted by molar-refractivity contribution is 0.102. The Morgan fingerprint density at radius 3 is 2.47 bits per heavy atom. The summed E-state index contributed by atoms with van der Waals surface area (Å²) in [5, 5.41) is 6.85. The average molecular weight is 451 g/mol.